The maximum absolute atomic E-state index is 12.0. The van der Waals surface area contributed by atoms with Crippen molar-refractivity contribution in [1.29, 1.82) is 0 Å². The summed E-state index contributed by atoms with van der Waals surface area (Å²) in [7, 11) is 0. The molecule has 9 atom stereocenters. The second-order valence-corrected chi connectivity index (χ2v) is 11.9. The fourth-order valence-electron chi connectivity index (χ4n) is 9.05. The summed E-state index contributed by atoms with van der Waals surface area (Å²) >= 11 is 0. The molecule has 0 bridgehead atoms. The number of fused-ring (bicyclic) bond motifs is 5. The molecule has 0 spiro atoms. The van der Waals surface area contributed by atoms with E-state index >= 15 is 0 Å². The summed E-state index contributed by atoms with van der Waals surface area (Å²) in [5.74, 6) is 4.76. The Hall–Kier alpha value is -0.610. The van der Waals surface area contributed by atoms with E-state index in [4.69, 9.17) is 5.11 Å². The number of aliphatic hydroxyl groups excluding tert-OH is 2. The normalized spacial score (nSPS) is 46.4. The zero-order valence-electron chi connectivity index (χ0n) is 19.5. The molecule has 30 heavy (non-hydrogen) atoms. The third-order valence-corrected chi connectivity index (χ3v) is 10.7. The van der Waals surface area contributed by atoms with Gasteiger partial charge in [-0.05, 0) is 111 Å². The third kappa shape index (κ3) is 3.85. The molecule has 4 rings (SSSR count). The second-order valence-electron chi connectivity index (χ2n) is 11.9. The van der Waals surface area contributed by atoms with E-state index in [1.54, 1.807) is 0 Å². The summed E-state index contributed by atoms with van der Waals surface area (Å²) < 4.78 is 0. The number of hydrogen-bond donors (Lipinski definition) is 3. The van der Waals surface area contributed by atoms with Crippen LogP contribution in [0.2, 0.25) is 0 Å². The fourth-order valence-corrected chi connectivity index (χ4v) is 9.05. The van der Waals surface area contributed by atoms with Crippen molar-refractivity contribution in [3.05, 3.63) is 0 Å². The molecule has 0 aliphatic heterocycles. The number of hydrogen-bond acceptors (Lipinski definition) is 3. The molecule has 0 aromatic rings. The molecule has 0 radical (unpaired) electrons. The van der Waals surface area contributed by atoms with E-state index in [-0.39, 0.29) is 18.6 Å². The maximum atomic E-state index is 12.0. The minimum Gasteiger partial charge on any atom is -0.395 e. The lowest BCUT2D eigenvalue weighted by molar-refractivity contribution is -0.129. The molecule has 4 saturated carbocycles. The molecule has 0 aromatic heterocycles. The van der Waals surface area contributed by atoms with Crippen LogP contribution in [0.1, 0.15) is 91.4 Å². The predicted octanol–water partition coefficient (Wildman–Crippen LogP) is 4.53. The number of nitrogens with one attached hydrogen (secondary N) is 1. The van der Waals surface area contributed by atoms with Gasteiger partial charge in [-0.1, -0.05) is 20.8 Å². The topological polar surface area (TPSA) is 69.6 Å². The smallest absolute Gasteiger partial charge is 0.220 e. The molecule has 0 heterocycles. The summed E-state index contributed by atoms with van der Waals surface area (Å²) in [5, 5.41) is 21.9. The Kier molecular flexibility index (Phi) is 6.57. The van der Waals surface area contributed by atoms with Crippen molar-refractivity contribution in [3.8, 4) is 0 Å². The lowest BCUT2D eigenvalue weighted by atomic mass is 9.44. The van der Waals surface area contributed by atoms with Crippen LogP contribution < -0.4 is 5.32 Å². The number of rotatable bonds is 6. The average molecular weight is 420 g/mol. The molecule has 0 aromatic carbocycles. The van der Waals surface area contributed by atoms with Crippen molar-refractivity contribution in [3.63, 3.8) is 0 Å². The molecule has 1 amide bonds. The highest BCUT2D eigenvalue weighted by Gasteiger charge is 2.60. The van der Waals surface area contributed by atoms with Crippen LogP contribution in [0.5, 0.6) is 0 Å². The first-order valence-corrected chi connectivity index (χ1v) is 12.8. The van der Waals surface area contributed by atoms with E-state index in [0.29, 0.717) is 29.7 Å². The van der Waals surface area contributed by atoms with Crippen LogP contribution in [0.3, 0.4) is 0 Å². The lowest BCUT2D eigenvalue weighted by Crippen LogP contribution is -2.54. The number of carbonyl (C=O) groups excluding carboxylic acids is 1. The summed E-state index contributed by atoms with van der Waals surface area (Å²) in [6, 6.07) is 0. The number of aliphatic hydroxyl groups is 2. The van der Waals surface area contributed by atoms with Crippen LogP contribution in [0.15, 0.2) is 0 Å². The second kappa shape index (κ2) is 8.73. The van der Waals surface area contributed by atoms with Crippen LogP contribution in [0.4, 0.5) is 0 Å². The largest absolute Gasteiger partial charge is 0.395 e. The van der Waals surface area contributed by atoms with Gasteiger partial charge in [0.1, 0.15) is 0 Å². The molecule has 4 heteroatoms. The van der Waals surface area contributed by atoms with Gasteiger partial charge < -0.3 is 15.5 Å². The Morgan fingerprint density at radius 2 is 1.77 bits per heavy atom. The Morgan fingerprint density at radius 3 is 2.53 bits per heavy atom. The molecule has 4 aliphatic rings. The van der Waals surface area contributed by atoms with Gasteiger partial charge in [0.15, 0.2) is 0 Å². The predicted molar refractivity (Wildman–Crippen MR) is 120 cm³/mol. The van der Waals surface area contributed by atoms with Gasteiger partial charge in [-0.3, -0.25) is 4.79 Å². The van der Waals surface area contributed by atoms with Gasteiger partial charge in [-0.2, -0.15) is 0 Å². The first-order valence-electron chi connectivity index (χ1n) is 12.8. The van der Waals surface area contributed by atoms with E-state index < -0.39 is 0 Å². The van der Waals surface area contributed by atoms with Gasteiger partial charge >= 0.3 is 0 Å². The highest BCUT2D eigenvalue weighted by molar-refractivity contribution is 5.75. The lowest BCUT2D eigenvalue weighted by Gasteiger charge is -2.61. The van der Waals surface area contributed by atoms with Crippen molar-refractivity contribution in [2.24, 2.45) is 46.3 Å². The van der Waals surface area contributed by atoms with Crippen LogP contribution in [0.25, 0.3) is 0 Å². The molecule has 4 nitrogen and oxygen atoms in total. The zero-order chi connectivity index (χ0) is 21.5. The highest BCUT2D eigenvalue weighted by atomic mass is 16.3. The Morgan fingerprint density at radius 1 is 1.03 bits per heavy atom. The number of amides is 1. The molecule has 4 aliphatic carbocycles. The summed E-state index contributed by atoms with van der Waals surface area (Å²) in [6.07, 6.45) is 12.9. The van der Waals surface area contributed by atoms with Crippen LogP contribution >= 0.6 is 0 Å². The zero-order valence-corrected chi connectivity index (χ0v) is 19.5. The first kappa shape index (κ1) is 22.6. The van der Waals surface area contributed by atoms with Crippen LogP contribution in [-0.4, -0.2) is 35.4 Å². The van der Waals surface area contributed by atoms with Gasteiger partial charge in [-0.15, -0.1) is 0 Å². The van der Waals surface area contributed by atoms with Gasteiger partial charge in [-0.25, -0.2) is 0 Å². The summed E-state index contributed by atoms with van der Waals surface area (Å²) in [5.41, 5.74) is 0.900. The van der Waals surface area contributed by atoms with Crippen molar-refractivity contribution in [2.75, 3.05) is 13.2 Å². The third-order valence-electron chi connectivity index (χ3n) is 10.7. The van der Waals surface area contributed by atoms with Gasteiger partial charge in [0, 0.05) is 13.0 Å². The van der Waals surface area contributed by atoms with Gasteiger partial charge in [0.25, 0.3) is 0 Å². The van der Waals surface area contributed by atoms with E-state index in [0.717, 1.165) is 48.9 Å². The molecular formula is C26H45NO3. The van der Waals surface area contributed by atoms with E-state index in [2.05, 4.69) is 26.1 Å². The van der Waals surface area contributed by atoms with E-state index in [1.807, 2.05) is 0 Å². The fraction of sp³-hybridized carbons (Fsp3) is 0.962. The minimum atomic E-state index is -0.0558. The molecular weight excluding hydrogens is 374 g/mol. The van der Waals surface area contributed by atoms with E-state index in [9.17, 15) is 9.90 Å². The van der Waals surface area contributed by atoms with E-state index in [1.165, 1.54) is 44.9 Å². The monoisotopic (exact) mass is 419 g/mol. The Balaban J connectivity index is 1.42. The van der Waals surface area contributed by atoms with Crippen LogP contribution in [0, 0.1) is 46.3 Å². The summed E-state index contributed by atoms with van der Waals surface area (Å²) in [4.78, 5) is 12.0. The summed E-state index contributed by atoms with van der Waals surface area (Å²) in [6.45, 7) is 7.93. The SMILES string of the molecule is CC(CCC(=O)NCCO)C1CCC2C3CC[C@@H]4C[C@H](O)CC[C@]4(C)C3CC[C@]12C. The Labute approximate surface area is 183 Å². The van der Waals surface area contributed by atoms with Crippen molar-refractivity contribution in [2.45, 2.75) is 97.5 Å². The quantitative estimate of drug-likeness (QED) is 0.592. The van der Waals surface area contributed by atoms with Gasteiger partial charge in [0.05, 0.1) is 12.7 Å². The molecule has 0 saturated heterocycles. The highest BCUT2D eigenvalue weighted by Crippen LogP contribution is 2.68. The van der Waals surface area contributed by atoms with Crippen molar-refractivity contribution < 1.29 is 15.0 Å². The minimum absolute atomic E-state index is 0.0188. The molecule has 172 valence electrons. The first-order chi connectivity index (χ1) is 14.3. The van der Waals surface area contributed by atoms with Gasteiger partial charge in [0.2, 0.25) is 5.91 Å². The molecule has 3 N–H and O–H groups in total. The number of carbonyl (C=O) groups is 1. The van der Waals surface area contributed by atoms with Crippen molar-refractivity contribution >= 4 is 5.91 Å². The molecule has 4 fully saturated rings. The standard InChI is InChI=1S/C26H45NO3/c1-17(4-9-24(30)27-14-15-28)21-7-8-22-20-6-5-18-16-19(29)10-12-25(18,2)23(20)11-13-26(21,22)3/h17-23,28-29H,4-16H2,1-3H3,(H,27,30)/t17?,18-,19-,20?,21?,22?,23?,25+,26-/m1/s1. The van der Waals surface area contributed by atoms with Crippen LogP contribution in [-0.2, 0) is 4.79 Å². The van der Waals surface area contributed by atoms with Crippen molar-refractivity contribution in [1.82, 2.24) is 5.32 Å². The molecule has 5 unspecified atom stereocenters. The maximum Gasteiger partial charge on any atom is 0.220 e. The average Bonchev–Trinajstić information content (AvgIpc) is 3.08. The Bertz CT molecular complexity index is 623.